The highest BCUT2D eigenvalue weighted by Crippen LogP contribution is 2.21. The van der Waals surface area contributed by atoms with Crippen LogP contribution >= 0.6 is 11.3 Å². The summed E-state index contributed by atoms with van der Waals surface area (Å²) in [4.78, 5) is 1.40. The topological polar surface area (TPSA) is 42.7 Å². The zero-order chi connectivity index (χ0) is 13.5. The van der Waals surface area contributed by atoms with E-state index < -0.39 is 0 Å². The van der Waals surface area contributed by atoms with Gasteiger partial charge >= 0.3 is 0 Å². The van der Waals surface area contributed by atoms with E-state index in [0.29, 0.717) is 6.04 Å². The number of hydrogen-bond donors (Lipinski definition) is 1. The van der Waals surface area contributed by atoms with Crippen molar-refractivity contribution >= 4 is 11.3 Å². The number of hydrogen-bond acceptors (Lipinski definition) is 4. The van der Waals surface area contributed by atoms with Crippen molar-refractivity contribution in [3.05, 3.63) is 34.3 Å². The monoisotopic (exact) mass is 278 g/mol. The average Bonchev–Trinajstić information content (AvgIpc) is 3.06. The molecule has 0 aliphatic rings. The fourth-order valence-corrected chi connectivity index (χ4v) is 2.90. The maximum absolute atomic E-state index is 4.19. The Morgan fingerprint density at radius 1 is 1.37 bits per heavy atom. The molecule has 0 bridgehead atoms. The molecule has 2 rings (SSSR count). The molecule has 0 spiro atoms. The number of aryl methyl sites for hydroxylation is 1. The number of nitrogens with zero attached hydrogens (tertiary/aromatic N) is 3. The molecule has 0 fully saturated rings. The van der Waals surface area contributed by atoms with Gasteiger partial charge in [0.15, 0.2) is 0 Å². The van der Waals surface area contributed by atoms with Crippen molar-refractivity contribution in [3.8, 4) is 0 Å². The molecule has 0 saturated carbocycles. The third kappa shape index (κ3) is 3.88. The largest absolute Gasteiger partial charge is 0.308 e. The lowest BCUT2D eigenvalue weighted by molar-refractivity contribution is 0.466. The van der Waals surface area contributed by atoms with Gasteiger partial charge in [0.1, 0.15) is 0 Å². The molecule has 0 aromatic carbocycles. The third-order valence-electron chi connectivity index (χ3n) is 3.07. The van der Waals surface area contributed by atoms with Crippen molar-refractivity contribution in [1.29, 1.82) is 0 Å². The first-order chi connectivity index (χ1) is 9.35. The van der Waals surface area contributed by atoms with Crippen LogP contribution in [0.3, 0.4) is 0 Å². The Morgan fingerprint density at radius 3 is 2.95 bits per heavy atom. The van der Waals surface area contributed by atoms with Gasteiger partial charge in [-0.1, -0.05) is 25.1 Å². The van der Waals surface area contributed by atoms with E-state index in [2.05, 4.69) is 47.0 Å². The summed E-state index contributed by atoms with van der Waals surface area (Å²) in [7, 11) is 0. The van der Waals surface area contributed by atoms with Crippen LogP contribution in [-0.4, -0.2) is 21.5 Å². The maximum atomic E-state index is 4.19. The smallest absolute Gasteiger partial charge is 0.0760 e. The van der Waals surface area contributed by atoms with Crippen molar-refractivity contribution in [2.75, 3.05) is 6.54 Å². The first-order valence-electron chi connectivity index (χ1n) is 6.99. The van der Waals surface area contributed by atoms with Gasteiger partial charge in [0, 0.05) is 17.8 Å². The molecule has 0 radical (unpaired) electrons. The second-order valence-corrected chi connectivity index (χ2v) is 5.70. The van der Waals surface area contributed by atoms with Crippen molar-refractivity contribution in [3.63, 3.8) is 0 Å². The number of thiophene rings is 1. The van der Waals surface area contributed by atoms with Crippen LogP contribution < -0.4 is 5.32 Å². The van der Waals surface area contributed by atoms with E-state index in [1.165, 1.54) is 10.6 Å². The van der Waals surface area contributed by atoms with Crippen LogP contribution in [0.15, 0.2) is 23.7 Å². The summed E-state index contributed by atoms with van der Waals surface area (Å²) in [5, 5.41) is 14.0. The quantitative estimate of drug-likeness (QED) is 0.807. The number of rotatable bonds is 8. The standard InChI is InChI=1S/C14H22N4S/c1-3-7-15-13(10-12-6-5-9-19-12)14-11-16-17-18(14)8-4-2/h5-6,9,11,13,15H,3-4,7-8,10H2,1-2H3. The molecule has 2 aromatic heterocycles. The van der Waals surface area contributed by atoms with Gasteiger partial charge in [-0.3, -0.25) is 0 Å². The van der Waals surface area contributed by atoms with E-state index in [0.717, 1.165) is 32.4 Å². The van der Waals surface area contributed by atoms with Gasteiger partial charge in [-0.2, -0.15) is 0 Å². The minimum atomic E-state index is 0.306. The first kappa shape index (κ1) is 14.2. The van der Waals surface area contributed by atoms with E-state index in [9.17, 15) is 0 Å². The fraction of sp³-hybridized carbons (Fsp3) is 0.571. The van der Waals surface area contributed by atoms with Crippen molar-refractivity contribution < 1.29 is 0 Å². The van der Waals surface area contributed by atoms with Gasteiger partial charge in [0.05, 0.1) is 17.9 Å². The molecule has 0 aliphatic heterocycles. The molecular weight excluding hydrogens is 256 g/mol. The van der Waals surface area contributed by atoms with Gasteiger partial charge in [0.2, 0.25) is 0 Å². The zero-order valence-electron chi connectivity index (χ0n) is 11.7. The lowest BCUT2D eigenvalue weighted by atomic mass is 10.1. The molecule has 2 heterocycles. The molecule has 5 heteroatoms. The highest BCUT2D eigenvalue weighted by Gasteiger charge is 2.17. The predicted molar refractivity (Wildman–Crippen MR) is 79.4 cm³/mol. The zero-order valence-corrected chi connectivity index (χ0v) is 12.5. The SMILES string of the molecule is CCCNC(Cc1cccs1)c1cnnn1CCC. The Bertz CT molecular complexity index is 464. The van der Waals surface area contributed by atoms with Gasteiger partial charge in [-0.05, 0) is 30.8 Å². The predicted octanol–water partition coefficient (Wildman–Crippen LogP) is 3.03. The molecule has 4 nitrogen and oxygen atoms in total. The molecule has 104 valence electrons. The van der Waals surface area contributed by atoms with Crippen LogP contribution in [0.5, 0.6) is 0 Å². The number of nitrogens with one attached hydrogen (secondary N) is 1. The summed E-state index contributed by atoms with van der Waals surface area (Å²) in [6.45, 7) is 6.31. The third-order valence-corrected chi connectivity index (χ3v) is 3.96. The lowest BCUT2D eigenvalue weighted by Gasteiger charge is -2.18. The van der Waals surface area contributed by atoms with E-state index in [1.54, 1.807) is 0 Å². The summed E-state index contributed by atoms with van der Waals surface area (Å²) in [6.07, 6.45) is 5.12. The molecule has 1 unspecified atom stereocenters. The van der Waals surface area contributed by atoms with Crippen molar-refractivity contribution in [1.82, 2.24) is 20.3 Å². The Balaban J connectivity index is 2.13. The Hall–Kier alpha value is -1.20. The van der Waals surface area contributed by atoms with Crippen LogP contribution in [0.2, 0.25) is 0 Å². The highest BCUT2D eigenvalue weighted by atomic mass is 32.1. The Kier molecular flexibility index (Phi) is 5.54. The Labute approximate surface area is 118 Å². The van der Waals surface area contributed by atoms with Crippen molar-refractivity contribution in [2.24, 2.45) is 0 Å². The molecule has 0 amide bonds. The van der Waals surface area contributed by atoms with Gasteiger partial charge in [-0.25, -0.2) is 4.68 Å². The molecule has 2 aromatic rings. The highest BCUT2D eigenvalue weighted by molar-refractivity contribution is 7.09. The summed E-state index contributed by atoms with van der Waals surface area (Å²) in [5.41, 5.74) is 1.20. The van der Waals surface area contributed by atoms with E-state index in [1.807, 2.05) is 22.2 Å². The molecule has 0 saturated heterocycles. The molecule has 1 N–H and O–H groups in total. The van der Waals surface area contributed by atoms with Crippen LogP contribution in [0.25, 0.3) is 0 Å². The van der Waals surface area contributed by atoms with Crippen LogP contribution in [-0.2, 0) is 13.0 Å². The lowest BCUT2D eigenvalue weighted by Crippen LogP contribution is -2.26. The molecule has 1 atom stereocenters. The minimum Gasteiger partial charge on any atom is -0.308 e. The van der Waals surface area contributed by atoms with Crippen LogP contribution in [0.1, 0.15) is 43.3 Å². The summed E-state index contributed by atoms with van der Waals surface area (Å²) in [6, 6.07) is 4.61. The van der Waals surface area contributed by atoms with Gasteiger partial charge in [-0.15, -0.1) is 16.4 Å². The molecular formula is C14H22N4S. The normalized spacial score (nSPS) is 12.7. The maximum Gasteiger partial charge on any atom is 0.0760 e. The molecule has 0 aliphatic carbocycles. The van der Waals surface area contributed by atoms with Crippen molar-refractivity contribution in [2.45, 2.75) is 45.7 Å². The van der Waals surface area contributed by atoms with Gasteiger partial charge in [0.25, 0.3) is 0 Å². The van der Waals surface area contributed by atoms with Crippen LogP contribution in [0.4, 0.5) is 0 Å². The second-order valence-electron chi connectivity index (χ2n) is 4.67. The van der Waals surface area contributed by atoms with E-state index in [4.69, 9.17) is 0 Å². The summed E-state index contributed by atoms with van der Waals surface area (Å²) >= 11 is 1.81. The summed E-state index contributed by atoms with van der Waals surface area (Å²) in [5.74, 6) is 0. The van der Waals surface area contributed by atoms with E-state index in [-0.39, 0.29) is 0 Å². The van der Waals surface area contributed by atoms with E-state index >= 15 is 0 Å². The van der Waals surface area contributed by atoms with Gasteiger partial charge < -0.3 is 5.32 Å². The minimum absolute atomic E-state index is 0.306. The summed E-state index contributed by atoms with van der Waals surface area (Å²) < 4.78 is 2.03. The van der Waals surface area contributed by atoms with Crippen LogP contribution in [0, 0.1) is 0 Å². The first-order valence-corrected chi connectivity index (χ1v) is 7.87. The molecule has 19 heavy (non-hydrogen) atoms. The number of aromatic nitrogens is 3. The second kappa shape index (κ2) is 7.40. The Morgan fingerprint density at radius 2 is 2.26 bits per heavy atom. The average molecular weight is 278 g/mol. The fourth-order valence-electron chi connectivity index (χ4n) is 2.15.